The Morgan fingerprint density at radius 1 is 1.42 bits per heavy atom. The van der Waals surface area contributed by atoms with Gasteiger partial charge in [0.2, 0.25) is 0 Å². The van der Waals surface area contributed by atoms with E-state index < -0.39 is 11.9 Å². The first-order valence-corrected chi connectivity index (χ1v) is 9.55. The van der Waals surface area contributed by atoms with Crippen LogP contribution in [0.4, 0.5) is 13.2 Å². The van der Waals surface area contributed by atoms with Crippen LogP contribution in [0, 0.1) is 12.8 Å². The van der Waals surface area contributed by atoms with E-state index in [0.717, 1.165) is 37.0 Å². The van der Waals surface area contributed by atoms with Crippen molar-refractivity contribution in [2.75, 3.05) is 26.2 Å². The topological polar surface area (TPSA) is 45.2 Å². The highest BCUT2D eigenvalue weighted by atomic mass is 32.1. The SMILES string of the molecule is Cc1c(C(=O)NCCN2CCCC(C)C2)sc2nc(C(F)(F)F)ccc12. The van der Waals surface area contributed by atoms with Crippen LogP contribution in [0.2, 0.25) is 0 Å². The molecule has 1 N–H and O–H groups in total. The monoisotopic (exact) mass is 385 g/mol. The highest BCUT2D eigenvalue weighted by Crippen LogP contribution is 2.34. The molecule has 3 rings (SSSR count). The fourth-order valence-corrected chi connectivity index (χ4v) is 4.47. The quantitative estimate of drug-likeness (QED) is 0.862. The van der Waals surface area contributed by atoms with E-state index in [9.17, 15) is 18.0 Å². The zero-order valence-corrected chi connectivity index (χ0v) is 15.6. The van der Waals surface area contributed by atoms with Gasteiger partial charge >= 0.3 is 6.18 Å². The fourth-order valence-electron chi connectivity index (χ4n) is 3.37. The third-order valence-electron chi connectivity index (χ3n) is 4.76. The Morgan fingerprint density at radius 3 is 2.88 bits per heavy atom. The van der Waals surface area contributed by atoms with Crippen molar-refractivity contribution in [1.29, 1.82) is 0 Å². The van der Waals surface area contributed by atoms with Gasteiger partial charge in [-0.2, -0.15) is 13.2 Å². The van der Waals surface area contributed by atoms with E-state index >= 15 is 0 Å². The molecule has 0 radical (unpaired) electrons. The number of amides is 1. The zero-order valence-electron chi connectivity index (χ0n) is 14.8. The van der Waals surface area contributed by atoms with Crippen LogP contribution in [0.5, 0.6) is 0 Å². The van der Waals surface area contributed by atoms with Crippen molar-refractivity contribution in [3.8, 4) is 0 Å². The molecule has 2 aromatic rings. The number of aromatic nitrogens is 1. The van der Waals surface area contributed by atoms with Crippen LogP contribution in [-0.4, -0.2) is 42.0 Å². The molecule has 8 heteroatoms. The van der Waals surface area contributed by atoms with E-state index in [1.54, 1.807) is 6.92 Å². The molecule has 2 aromatic heterocycles. The number of nitrogens with one attached hydrogen (secondary N) is 1. The Labute approximate surface area is 154 Å². The van der Waals surface area contributed by atoms with Crippen molar-refractivity contribution in [1.82, 2.24) is 15.2 Å². The first-order valence-electron chi connectivity index (χ1n) is 8.73. The average molecular weight is 385 g/mol. The predicted octanol–water partition coefficient (Wildman–Crippen LogP) is 4.09. The molecular weight excluding hydrogens is 363 g/mol. The Bertz CT molecular complexity index is 803. The van der Waals surface area contributed by atoms with Gasteiger partial charge in [-0.25, -0.2) is 4.98 Å². The summed E-state index contributed by atoms with van der Waals surface area (Å²) < 4.78 is 38.4. The summed E-state index contributed by atoms with van der Waals surface area (Å²) in [5.41, 5.74) is -0.257. The molecule has 1 fully saturated rings. The van der Waals surface area contributed by atoms with Crippen molar-refractivity contribution in [2.45, 2.75) is 32.9 Å². The molecule has 3 heterocycles. The van der Waals surface area contributed by atoms with Crippen LogP contribution in [0.3, 0.4) is 0 Å². The maximum atomic E-state index is 12.8. The van der Waals surface area contributed by atoms with E-state index in [2.05, 4.69) is 22.1 Å². The fraction of sp³-hybridized carbons (Fsp3) is 0.556. The Hall–Kier alpha value is -1.67. The van der Waals surface area contributed by atoms with Crippen molar-refractivity contribution < 1.29 is 18.0 Å². The summed E-state index contributed by atoms with van der Waals surface area (Å²) in [4.78, 5) is 19.1. The minimum Gasteiger partial charge on any atom is -0.350 e. The number of carbonyl (C=O) groups excluding carboxylic acids is 1. The van der Waals surface area contributed by atoms with E-state index in [4.69, 9.17) is 0 Å². The highest BCUT2D eigenvalue weighted by molar-refractivity contribution is 7.20. The molecule has 26 heavy (non-hydrogen) atoms. The zero-order chi connectivity index (χ0) is 18.9. The number of piperidine rings is 1. The third kappa shape index (κ3) is 4.17. The molecule has 4 nitrogen and oxygen atoms in total. The van der Waals surface area contributed by atoms with Gasteiger partial charge in [-0.1, -0.05) is 6.92 Å². The van der Waals surface area contributed by atoms with Gasteiger partial charge in [0.15, 0.2) is 0 Å². The van der Waals surface area contributed by atoms with Crippen molar-refractivity contribution in [2.24, 2.45) is 5.92 Å². The molecule has 0 bridgehead atoms. The van der Waals surface area contributed by atoms with E-state index in [1.807, 2.05) is 0 Å². The number of hydrogen-bond acceptors (Lipinski definition) is 4. The van der Waals surface area contributed by atoms with Gasteiger partial charge in [-0.3, -0.25) is 4.79 Å². The molecule has 1 aliphatic rings. The second-order valence-electron chi connectivity index (χ2n) is 6.91. The largest absolute Gasteiger partial charge is 0.433 e. The van der Waals surface area contributed by atoms with Gasteiger partial charge in [0, 0.05) is 25.0 Å². The van der Waals surface area contributed by atoms with Crippen molar-refractivity contribution >= 4 is 27.5 Å². The summed E-state index contributed by atoms with van der Waals surface area (Å²) in [6.07, 6.45) is -2.06. The second kappa shape index (κ2) is 7.52. The summed E-state index contributed by atoms with van der Waals surface area (Å²) in [6, 6.07) is 2.35. The summed E-state index contributed by atoms with van der Waals surface area (Å²) in [5.74, 6) is 0.433. The molecule has 0 spiro atoms. The molecule has 1 aliphatic heterocycles. The number of thiophene rings is 1. The lowest BCUT2D eigenvalue weighted by atomic mass is 10.0. The molecule has 1 atom stereocenters. The van der Waals surface area contributed by atoms with Gasteiger partial charge in [-0.15, -0.1) is 11.3 Å². The number of fused-ring (bicyclic) bond motifs is 1. The molecule has 0 aliphatic carbocycles. The first kappa shape index (κ1) is 19.1. The van der Waals surface area contributed by atoms with Crippen molar-refractivity contribution in [3.05, 3.63) is 28.3 Å². The van der Waals surface area contributed by atoms with E-state index in [1.165, 1.54) is 18.9 Å². The van der Waals surface area contributed by atoms with Crippen molar-refractivity contribution in [3.63, 3.8) is 0 Å². The maximum Gasteiger partial charge on any atom is 0.433 e. The molecule has 1 unspecified atom stereocenters. The second-order valence-corrected chi connectivity index (χ2v) is 7.91. The van der Waals surface area contributed by atoms with Crippen LogP contribution in [0.25, 0.3) is 10.2 Å². The van der Waals surface area contributed by atoms with E-state index in [0.29, 0.717) is 28.3 Å². The lowest BCUT2D eigenvalue weighted by Gasteiger charge is -2.30. The minimum atomic E-state index is -4.49. The minimum absolute atomic E-state index is 0.243. The van der Waals surface area contributed by atoms with Crippen LogP contribution in [0.15, 0.2) is 12.1 Å². The van der Waals surface area contributed by atoms with Gasteiger partial charge in [0.1, 0.15) is 10.5 Å². The molecule has 0 saturated carbocycles. The van der Waals surface area contributed by atoms with Crippen LogP contribution in [0.1, 0.15) is 40.7 Å². The Kier molecular flexibility index (Phi) is 5.53. The summed E-state index contributed by atoms with van der Waals surface area (Å²) in [7, 11) is 0. The van der Waals surface area contributed by atoms with Gasteiger partial charge < -0.3 is 10.2 Å². The number of halogens is 3. The van der Waals surface area contributed by atoms with Gasteiger partial charge in [-0.05, 0) is 49.9 Å². The molecule has 142 valence electrons. The number of carbonyl (C=O) groups is 1. The lowest BCUT2D eigenvalue weighted by Crippen LogP contribution is -2.40. The number of nitrogens with zero attached hydrogens (tertiary/aromatic N) is 2. The molecular formula is C18H22F3N3OS. The van der Waals surface area contributed by atoms with E-state index in [-0.39, 0.29) is 10.7 Å². The number of aryl methyl sites for hydroxylation is 1. The van der Waals surface area contributed by atoms with Crippen LogP contribution < -0.4 is 5.32 Å². The maximum absolute atomic E-state index is 12.8. The van der Waals surface area contributed by atoms with Gasteiger partial charge in [0.25, 0.3) is 5.91 Å². The number of alkyl halides is 3. The third-order valence-corrected chi connectivity index (χ3v) is 5.96. The summed E-state index contributed by atoms with van der Waals surface area (Å²) in [6.45, 7) is 7.38. The number of hydrogen-bond donors (Lipinski definition) is 1. The molecule has 0 aromatic carbocycles. The van der Waals surface area contributed by atoms with Crippen LogP contribution >= 0.6 is 11.3 Å². The van der Waals surface area contributed by atoms with Gasteiger partial charge in [0.05, 0.1) is 4.88 Å². The van der Waals surface area contributed by atoms with Crippen LogP contribution in [-0.2, 0) is 6.18 Å². The highest BCUT2D eigenvalue weighted by Gasteiger charge is 2.33. The average Bonchev–Trinajstić information content (AvgIpc) is 2.90. The number of pyridine rings is 1. The Balaban J connectivity index is 1.67. The standard InChI is InChI=1S/C18H22F3N3OS/c1-11-4-3-8-24(10-11)9-7-22-16(25)15-12(2)13-5-6-14(18(19,20)21)23-17(13)26-15/h5-6,11H,3-4,7-10H2,1-2H3,(H,22,25). The number of likely N-dealkylation sites (tertiary alicyclic amines) is 1. The molecule has 1 saturated heterocycles. The molecule has 1 amide bonds. The smallest absolute Gasteiger partial charge is 0.350 e. The number of rotatable bonds is 4. The summed E-state index contributed by atoms with van der Waals surface area (Å²) in [5, 5.41) is 3.48. The predicted molar refractivity (Wildman–Crippen MR) is 96.5 cm³/mol. The Morgan fingerprint density at radius 2 is 2.19 bits per heavy atom. The summed E-state index contributed by atoms with van der Waals surface area (Å²) >= 11 is 1.01. The normalized spacial score (nSPS) is 19.0. The lowest BCUT2D eigenvalue weighted by molar-refractivity contribution is -0.140. The first-order chi connectivity index (χ1) is 12.3.